The van der Waals surface area contributed by atoms with Gasteiger partial charge in [0.15, 0.2) is 0 Å². The first-order valence-corrected chi connectivity index (χ1v) is 6.62. The molecule has 0 spiro atoms. The van der Waals surface area contributed by atoms with Crippen molar-refractivity contribution in [2.75, 3.05) is 5.75 Å². The van der Waals surface area contributed by atoms with E-state index < -0.39 is 6.10 Å². The number of halogens is 1. The number of nitrogens with zero attached hydrogens (tertiary/aromatic N) is 4. The molecular formula is C12H13FN4OS. The second-order valence-electron chi connectivity index (χ2n) is 3.81. The molecule has 5 nitrogen and oxygen atoms in total. The van der Waals surface area contributed by atoms with E-state index >= 15 is 0 Å². The number of aliphatic hydroxyl groups is 1. The fourth-order valence-corrected chi connectivity index (χ4v) is 2.33. The largest absolute Gasteiger partial charge is 0.388 e. The van der Waals surface area contributed by atoms with E-state index in [1.807, 2.05) is 0 Å². The quantitative estimate of drug-likeness (QED) is 0.646. The first-order valence-electron chi connectivity index (χ1n) is 5.64. The van der Waals surface area contributed by atoms with Gasteiger partial charge in [0, 0.05) is 5.75 Å². The van der Waals surface area contributed by atoms with Crippen LogP contribution in [0.1, 0.15) is 11.7 Å². The van der Waals surface area contributed by atoms with Crippen molar-refractivity contribution in [3.8, 4) is 0 Å². The summed E-state index contributed by atoms with van der Waals surface area (Å²) in [6.07, 6.45) is 0.996. The summed E-state index contributed by atoms with van der Waals surface area (Å²) in [4.78, 5) is 0. The molecule has 0 aliphatic rings. The van der Waals surface area contributed by atoms with E-state index in [9.17, 15) is 9.50 Å². The summed E-state index contributed by atoms with van der Waals surface area (Å²) in [5.74, 6) is 0.0712. The zero-order valence-corrected chi connectivity index (χ0v) is 10.9. The van der Waals surface area contributed by atoms with Gasteiger partial charge in [0.1, 0.15) is 5.82 Å². The second kappa shape index (κ2) is 6.44. The van der Waals surface area contributed by atoms with Crippen molar-refractivity contribution < 1.29 is 9.50 Å². The van der Waals surface area contributed by atoms with Gasteiger partial charge in [-0.05, 0) is 28.1 Å². The Labute approximate surface area is 114 Å². The summed E-state index contributed by atoms with van der Waals surface area (Å²) in [7, 11) is 0. The molecule has 2 rings (SSSR count). The summed E-state index contributed by atoms with van der Waals surface area (Å²) < 4.78 is 14.4. The Morgan fingerprint density at radius 2 is 2.16 bits per heavy atom. The van der Waals surface area contributed by atoms with Crippen LogP contribution in [-0.4, -0.2) is 31.1 Å². The molecule has 2 aromatic rings. The average Bonchev–Trinajstić information content (AvgIpc) is 2.85. The van der Waals surface area contributed by atoms with E-state index in [4.69, 9.17) is 0 Å². The molecule has 0 fully saturated rings. The fraction of sp³-hybridized carbons (Fsp3) is 0.250. The first-order chi connectivity index (χ1) is 9.20. The topological polar surface area (TPSA) is 63.8 Å². The summed E-state index contributed by atoms with van der Waals surface area (Å²) in [5.41, 5.74) is 0.664. The van der Waals surface area contributed by atoms with E-state index in [0.29, 0.717) is 23.0 Å². The third-order valence-corrected chi connectivity index (χ3v) is 3.46. The average molecular weight is 280 g/mol. The molecule has 0 aliphatic heterocycles. The van der Waals surface area contributed by atoms with E-state index in [0.717, 1.165) is 0 Å². The highest BCUT2D eigenvalue weighted by Gasteiger charge is 2.12. The normalized spacial score (nSPS) is 12.3. The van der Waals surface area contributed by atoms with Crippen molar-refractivity contribution in [1.82, 2.24) is 20.2 Å². The summed E-state index contributed by atoms with van der Waals surface area (Å²) >= 11 is 1.34. The van der Waals surface area contributed by atoms with Gasteiger partial charge in [0.25, 0.3) is 0 Å². The molecule has 1 unspecified atom stereocenters. The fourth-order valence-electron chi connectivity index (χ4n) is 1.47. The minimum Gasteiger partial charge on any atom is -0.388 e. The van der Waals surface area contributed by atoms with Gasteiger partial charge in [0.2, 0.25) is 5.16 Å². The molecule has 1 atom stereocenters. The maximum absolute atomic E-state index is 12.8. The van der Waals surface area contributed by atoms with Gasteiger partial charge < -0.3 is 5.11 Å². The molecule has 7 heteroatoms. The van der Waals surface area contributed by atoms with Gasteiger partial charge in [-0.2, -0.15) is 0 Å². The van der Waals surface area contributed by atoms with Crippen LogP contribution in [0.5, 0.6) is 0 Å². The molecular weight excluding hydrogens is 267 g/mol. The van der Waals surface area contributed by atoms with Gasteiger partial charge in [-0.3, -0.25) is 0 Å². The molecule has 0 radical (unpaired) electrons. The lowest BCUT2D eigenvalue weighted by Crippen LogP contribution is -2.04. The monoisotopic (exact) mass is 280 g/mol. The zero-order valence-electron chi connectivity index (χ0n) is 10.1. The third-order valence-electron chi connectivity index (χ3n) is 2.43. The van der Waals surface area contributed by atoms with Gasteiger partial charge >= 0.3 is 0 Å². The zero-order chi connectivity index (χ0) is 13.7. The van der Waals surface area contributed by atoms with Crippen molar-refractivity contribution in [3.05, 3.63) is 48.3 Å². The van der Waals surface area contributed by atoms with Crippen molar-refractivity contribution >= 4 is 11.8 Å². The molecule has 100 valence electrons. The number of aromatic nitrogens is 4. The first kappa shape index (κ1) is 13.7. The van der Waals surface area contributed by atoms with Crippen LogP contribution in [0.25, 0.3) is 0 Å². The SMILES string of the molecule is C=CCn1nnnc1SCC(O)c1ccc(F)cc1. The molecule has 0 bridgehead atoms. The molecule has 1 aromatic carbocycles. The molecule has 0 amide bonds. The maximum Gasteiger partial charge on any atom is 0.209 e. The molecule has 1 heterocycles. The maximum atomic E-state index is 12.8. The molecule has 0 saturated carbocycles. The Bertz CT molecular complexity index is 543. The van der Waals surface area contributed by atoms with Crippen LogP contribution in [-0.2, 0) is 6.54 Å². The minimum atomic E-state index is -0.695. The van der Waals surface area contributed by atoms with Crippen LogP contribution < -0.4 is 0 Å². The van der Waals surface area contributed by atoms with E-state index in [2.05, 4.69) is 22.1 Å². The number of allylic oxidation sites excluding steroid dienone is 1. The van der Waals surface area contributed by atoms with Crippen LogP contribution in [0, 0.1) is 5.82 Å². The lowest BCUT2D eigenvalue weighted by Gasteiger charge is -2.09. The van der Waals surface area contributed by atoms with Gasteiger partial charge in [0.05, 0.1) is 12.6 Å². The Morgan fingerprint density at radius 3 is 2.84 bits per heavy atom. The Kier molecular flexibility index (Phi) is 4.64. The minimum absolute atomic E-state index is 0.321. The molecule has 19 heavy (non-hydrogen) atoms. The highest BCUT2D eigenvalue weighted by molar-refractivity contribution is 7.99. The number of rotatable bonds is 6. The Hall–Kier alpha value is -1.73. The lowest BCUT2D eigenvalue weighted by atomic mass is 10.1. The molecule has 0 aliphatic carbocycles. The highest BCUT2D eigenvalue weighted by Crippen LogP contribution is 2.22. The van der Waals surface area contributed by atoms with Gasteiger partial charge in [-0.15, -0.1) is 11.7 Å². The number of benzene rings is 1. The Morgan fingerprint density at radius 1 is 1.42 bits per heavy atom. The summed E-state index contributed by atoms with van der Waals surface area (Å²) in [5, 5.41) is 21.8. The number of thioether (sulfide) groups is 1. The van der Waals surface area contributed by atoms with Crippen LogP contribution in [0.15, 0.2) is 42.1 Å². The molecule has 0 saturated heterocycles. The highest BCUT2D eigenvalue weighted by atomic mass is 32.2. The van der Waals surface area contributed by atoms with Crippen molar-refractivity contribution in [2.24, 2.45) is 0 Å². The van der Waals surface area contributed by atoms with Crippen LogP contribution >= 0.6 is 11.8 Å². The molecule has 1 N–H and O–H groups in total. The predicted molar refractivity (Wildman–Crippen MR) is 70.1 cm³/mol. The Balaban J connectivity index is 1.96. The van der Waals surface area contributed by atoms with Crippen LogP contribution in [0.4, 0.5) is 4.39 Å². The third kappa shape index (κ3) is 3.62. The summed E-state index contributed by atoms with van der Waals surface area (Å²) in [6, 6.07) is 5.77. The van der Waals surface area contributed by atoms with E-state index in [1.54, 1.807) is 22.9 Å². The lowest BCUT2D eigenvalue weighted by molar-refractivity contribution is 0.204. The van der Waals surface area contributed by atoms with Crippen molar-refractivity contribution in [3.63, 3.8) is 0 Å². The van der Waals surface area contributed by atoms with Crippen molar-refractivity contribution in [1.29, 1.82) is 0 Å². The smallest absolute Gasteiger partial charge is 0.209 e. The number of tetrazole rings is 1. The summed E-state index contributed by atoms with van der Waals surface area (Å²) in [6.45, 7) is 4.13. The standard InChI is InChI=1S/C12H13FN4OS/c1-2-7-17-12(14-15-16-17)19-8-11(18)9-3-5-10(13)6-4-9/h2-6,11,18H,1,7-8H2. The second-order valence-corrected chi connectivity index (χ2v) is 4.80. The molecule has 1 aromatic heterocycles. The number of hydrogen-bond donors (Lipinski definition) is 1. The van der Waals surface area contributed by atoms with Crippen LogP contribution in [0.2, 0.25) is 0 Å². The van der Waals surface area contributed by atoms with E-state index in [1.165, 1.54) is 23.9 Å². The predicted octanol–water partition coefficient (Wildman–Crippen LogP) is 1.82. The van der Waals surface area contributed by atoms with Gasteiger partial charge in [-0.1, -0.05) is 30.0 Å². The van der Waals surface area contributed by atoms with Gasteiger partial charge in [-0.25, -0.2) is 9.07 Å². The number of aliphatic hydroxyl groups excluding tert-OH is 1. The van der Waals surface area contributed by atoms with Crippen LogP contribution in [0.3, 0.4) is 0 Å². The van der Waals surface area contributed by atoms with Crippen molar-refractivity contribution in [2.45, 2.75) is 17.8 Å². The van der Waals surface area contributed by atoms with E-state index in [-0.39, 0.29) is 5.82 Å². The number of hydrogen-bond acceptors (Lipinski definition) is 5.